The minimum Gasteiger partial charge on any atom is -0.545 e. The van der Waals surface area contributed by atoms with Crippen LogP contribution < -0.4 is 71.6 Å². The molecule has 2 aliphatic heterocycles. The molecular formula is C18H18FKN2O5. The number of aliphatic hydroxyl groups excluding tert-OH is 1. The number of carbonyl (C=O) groups excluding carboxylic acids is 1. The maximum Gasteiger partial charge on any atom is 1.00 e. The number of hydrogen-bond acceptors (Lipinski definition) is 6. The molecule has 27 heavy (non-hydrogen) atoms. The van der Waals surface area contributed by atoms with E-state index < -0.39 is 28.9 Å². The van der Waals surface area contributed by atoms with Gasteiger partial charge >= 0.3 is 51.4 Å². The molecule has 1 aromatic heterocycles. The molecule has 0 saturated carbocycles. The summed E-state index contributed by atoms with van der Waals surface area (Å²) in [6.07, 6.45) is 1.88. The molecule has 1 N–H and O–H groups in total. The van der Waals surface area contributed by atoms with Crippen LogP contribution in [-0.4, -0.2) is 41.4 Å². The standard InChI is InChI=1S/C18H19FN2O5.K/c1-9-8-26-17-14-11(16(23)12(18(24)25)7-21(9)14)6-13(19)15(17)20-4-2-10(22)3-5-20;/h6-7,9-10,22H,2-5,8H2,1H3,(H,24,25);/q;+1/p-1/t9-;/m0./s1. The third-order valence-corrected chi connectivity index (χ3v) is 5.14. The van der Waals surface area contributed by atoms with Gasteiger partial charge in [0.05, 0.1) is 34.6 Å². The number of halogens is 1. The summed E-state index contributed by atoms with van der Waals surface area (Å²) >= 11 is 0. The molecule has 1 aromatic carbocycles. The number of rotatable bonds is 2. The third kappa shape index (κ3) is 3.45. The Kier molecular flexibility index (Phi) is 6.00. The van der Waals surface area contributed by atoms with Crippen molar-refractivity contribution in [3.8, 4) is 5.75 Å². The predicted octanol–water partition coefficient (Wildman–Crippen LogP) is -2.58. The molecule has 3 heterocycles. The van der Waals surface area contributed by atoms with Crippen LogP contribution in [0.1, 0.15) is 36.2 Å². The van der Waals surface area contributed by atoms with Gasteiger partial charge in [-0.1, -0.05) is 0 Å². The van der Waals surface area contributed by atoms with E-state index in [4.69, 9.17) is 4.74 Å². The van der Waals surface area contributed by atoms with E-state index in [0.717, 1.165) is 6.07 Å². The normalized spacial score (nSPS) is 19.5. The van der Waals surface area contributed by atoms with Gasteiger partial charge in [0.1, 0.15) is 12.3 Å². The van der Waals surface area contributed by atoms with Gasteiger partial charge < -0.3 is 29.2 Å². The number of piperidine rings is 1. The molecule has 0 amide bonds. The number of anilines is 1. The van der Waals surface area contributed by atoms with Crippen LogP contribution in [0.3, 0.4) is 0 Å². The van der Waals surface area contributed by atoms with Gasteiger partial charge in [0.15, 0.2) is 17.0 Å². The topological polar surface area (TPSA) is 94.8 Å². The monoisotopic (exact) mass is 400 g/mol. The van der Waals surface area contributed by atoms with Crippen molar-refractivity contribution in [2.24, 2.45) is 0 Å². The smallest absolute Gasteiger partial charge is 0.545 e. The molecule has 4 rings (SSSR count). The second kappa shape index (κ2) is 7.80. The Hall–Kier alpha value is -0.974. The molecule has 0 unspecified atom stereocenters. The van der Waals surface area contributed by atoms with Crippen molar-refractivity contribution >= 4 is 22.6 Å². The van der Waals surface area contributed by atoms with Gasteiger partial charge in [0, 0.05) is 19.3 Å². The van der Waals surface area contributed by atoms with Crippen LogP contribution in [0.4, 0.5) is 10.1 Å². The molecule has 0 radical (unpaired) electrons. The van der Waals surface area contributed by atoms with Crippen LogP contribution >= 0.6 is 0 Å². The quantitative estimate of drug-likeness (QED) is 0.557. The number of nitrogens with zero attached hydrogens (tertiary/aromatic N) is 2. The second-order valence-corrected chi connectivity index (χ2v) is 6.88. The summed E-state index contributed by atoms with van der Waals surface area (Å²) < 4.78 is 22.3. The molecule has 2 aromatic rings. The van der Waals surface area contributed by atoms with Crippen molar-refractivity contribution in [2.75, 3.05) is 24.6 Å². The Balaban J connectivity index is 0.00000210. The van der Waals surface area contributed by atoms with E-state index in [9.17, 15) is 24.2 Å². The fourth-order valence-corrected chi connectivity index (χ4v) is 3.74. The first-order chi connectivity index (χ1) is 12.4. The summed E-state index contributed by atoms with van der Waals surface area (Å²) in [5.41, 5.74) is -0.632. The fourth-order valence-electron chi connectivity index (χ4n) is 3.74. The molecule has 138 valence electrons. The number of carboxylic acids is 1. The summed E-state index contributed by atoms with van der Waals surface area (Å²) in [5, 5.41) is 20.9. The van der Waals surface area contributed by atoms with Crippen molar-refractivity contribution in [3.05, 3.63) is 33.9 Å². The Labute approximate surface area is 197 Å². The number of carbonyl (C=O) groups is 1. The Bertz CT molecular complexity index is 969. The summed E-state index contributed by atoms with van der Waals surface area (Å²) in [6.45, 7) is 2.99. The van der Waals surface area contributed by atoms with E-state index in [-0.39, 0.29) is 80.9 Å². The molecule has 7 nitrogen and oxygen atoms in total. The Morgan fingerprint density at radius 1 is 1.37 bits per heavy atom. The van der Waals surface area contributed by atoms with Crippen molar-refractivity contribution in [1.29, 1.82) is 0 Å². The van der Waals surface area contributed by atoms with Crippen LogP contribution in [-0.2, 0) is 0 Å². The van der Waals surface area contributed by atoms with Gasteiger partial charge in [-0.15, -0.1) is 0 Å². The summed E-state index contributed by atoms with van der Waals surface area (Å²) in [4.78, 5) is 25.6. The van der Waals surface area contributed by atoms with Gasteiger partial charge in [0.25, 0.3) is 0 Å². The predicted molar refractivity (Wildman–Crippen MR) is 90.2 cm³/mol. The zero-order chi connectivity index (χ0) is 18.6. The molecule has 0 aliphatic carbocycles. The van der Waals surface area contributed by atoms with E-state index in [0.29, 0.717) is 31.4 Å². The zero-order valence-corrected chi connectivity index (χ0v) is 18.3. The Morgan fingerprint density at radius 3 is 2.67 bits per heavy atom. The summed E-state index contributed by atoms with van der Waals surface area (Å²) in [6, 6.07) is 0.858. The van der Waals surface area contributed by atoms with Crippen LogP contribution in [0.15, 0.2) is 17.1 Å². The number of pyridine rings is 1. The van der Waals surface area contributed by atoms with Gasteiger partial charge in [-0.3, -0.25) is 4.79 Å². The van der Waals surface area contributed by atoms with Gasteiger partial charge in [0.2, 0.25) is 0 Å². The number of benzene rings is 1. The molecular weight excluding hydrogens is 382 g/mol. The van der Waals surface area contributed by atoms with Crippen molar-refractivity contribution in [2.45, 2.75) is 31.9 Å². The van der Waals surface area contributed by atoms with E-state index in [1.54, 1.807) is 9.47 Å². The van der Waals surface area contributed by atoms with Crippen molar-refractivity contribution in [3.63, 3.8) is 0 Å². The zero-order valence-electron chi connectivity index (χ0n) is 15.2. The molecule has 0 spiro atoms. The number of aromatic carboxylic acids is 1. The molecule has 1 atom stereocenters. The average Bonchev–Trinajstić information content (AvgIpc) is 2.60. The molecule has 1 fully saturated rings. The van der Waals surface area contributed by atoms with E-state index in [1.807, 2.05) is 6.92 Å². The first-order valence-corrected chi connectivity index (χ1v) is 8.57. The summed E-state index contributed by atoms with van der Waals surface area (Å²) in [7, 11) is 0. The van der Waals surface area contributed by atoms with Crippen LogP contribution in [0.25, 0.3) is 10.9 Å². The van der Waals surface area contributed by atoms with Crippen molar-refractivity contribution in [1.82, 2.24) is 4.57 Å². The van der Waals surface area contributed by atoms with Gasteiger partial charge in [-0.2, -0.15) is 0 Å². The largest absolute Gasteiger partial charge is 1.00 e. The van der Waals surface area contributed by atoms with Crippen LogP contribution in [0.5, 0.6) is 5.75 Å². The van der Waals surface area contributed by atoms with E-state index >= 15 is 0 Å². The second-order valence-electron chi connectivity index (χ2n) is 6.88. The van der Waals surface area contributed by atoms with Gasteiger partial charge in [-0.25, -0.2) is 4.39 Å². The molecule has 2 aliphatic rings. The van der Waals surface area contributed by atoms with Crippen LogP contribution in [0.2, 0.25) is 0 Å². The minimum atomic E-state index is -1.59. The van der Waals surface area contributed by atoms with E-state index in [1.165, 1.54) is 6.20 Å². The first kappa shape index (κ1) is 20.8. The van der Waals surface area contributed by atoms with Crippen LogP contribution in [0, 0.1) is 5.82 Å². The SMILES string of the molecule is C[C@H]1COc2c(N3CCC(O)CC3)c(F)cc3c(=O)c(C(=O)[O-])cn1c23.[K+]. The number of hydrogen-bond donors (Lipinski definition) is 1. The summed E-state index contributed by atoms with van der Waals surface area (Å²) in [5.74, 6) is -1.98. The maximum absolute atomic E-state index is 14.9. The minimum absolute atomic E-state index is 0. The number of aliphatic hydroxyl groups is 1. The third-order valence-electron chi connectivity index (χ3n) is 5.14. The number of aromatic nitrogens is 1. The molecule has 9 heteroatoms. The van der Waals surface area contributed by atoms with Gasteiger partial charge in [-0.05, 0) is 25.8 Å². The first-order valence-electron chi connectivity index (χ1n) is 8.57. The Morgan fingerprint density at radius 2 is 2.04 bits per heavy atom. The molecule has 1 saturated heterocycles. The average molecular weight is 400 g/mol. The van der Waals surface area contributed by atoms with E-state index in [2.05, 4.69) is 0 Å². The molecule has 0 bridgehead atoms. The fraction of sp³-hybridized carbons (Fsp3) is 0.444. The number of ether oxygens (including phenoxy) is 1. The van der Waals surface area contributed by atoms with Crippen molar-refractivity contribution < 1.29 is 75.5 Å². The maximum atomic E-state index is 14.9. The number of carboxylic acid groups (broad SMARTS) is 1.